The summed E-state index contributed by atoms with van der Waals surface area (Å²) in [6.45, 7) is 0.772. The first-order valence-corrected chi connectivity index (χ1v) is 6.31. The van der Waals surface area contributed by atoms with Gasteiger partial charge in [-0.25, -0.2) is 9.97 Å². The fourth-order valence-corrected chi connectivity index (χ4v) is 2.32. The van der Waals surface area contributed by atoms with E-state index in [1.165, 1.54) is 0 Å². The summed E-state index contributed by atoms with van der Waals surface area (Å²) in [4.78, 5) is 8.70. The third-order valence-corrected chi connectivity index (χ3v) is 3.20. The highest BCUT2D eigenvalue weighted by atomic mass is 32.1. The molecule has 4 heteroatoms. The highest BCUT2D eigenvalue weighted by molar-refractivity contribution is 7.07. The van der Waals surface area contributed by atoms with Crippen LogP contribution in [0.1, 0.15) is 5.69 Å². The molecule has 0 N–H and O–H groups in total. The fourth-order valence-electron chi connectivity index (χ4n) is 1.77. The predicted octanol–water partition coefficient (Wildman–Crippen LogP) is 3.05. The molecule has 2 heterocycles. The van der Waals surface area contributed by atoms with Crippen LogP contribution in [0.25, 0.3) is 11.4 Å². The fraction of sp³-hybridized carbons (Fsp3) is 0.0769. The van der Waals surface area contributed by atoms with Crippen molar-refractivity contribution in [2.75, 3.05) is 0 Å². The molecule has 2 aromatic heterocycles. The number of imidazole rings is 1. The predicted molar refractivity (Wildman–Crippen MR) is 68.9 cm³/mol. The minimum absolute atomic E-state index is 0.772. The Labute approximate surface area is 103 Å². The monoisotopic (exact) mass is 241 g/mol. The molecule has 3 aromatic rings. The molecule has 0 atom stereocenters. The van der Waals surface area contributed by atoms with E-state index >= 15 is 0 Å². The molecule has 0 unspecified atom stereocenters. The van der Waals surface area contributed by atoms with Crippen LogP contribution in [-0.4, -0.2) is 14.5 Å². The second-order valence-corrected chi connectivity index (χ2v) is 4.44. The summed E-state index contributed by atoms with van der Waals surface area (Å²) in [5.74, 6) is 0.985. The van der Waals surface area contributed by atoms with E-state index in [2.05, 4.69) is 32.0 Å². The van der Waals surface area contributed by atoms with Gasteiger partial charge in [0.25, 0.3) is 0 Å². The van der Waals surface area contributed by atoms with Crippen LogP contribution < -0.4 is 0 Å². The van der Waals surface area contributed by atoms with E-state index < -0.39 is 0 Å². The van der Waals surface area contributed by atoms with Gasteiger partial charge in [0.2, 0.25) is 0 Å². The average Bonchev–Trinajstić information content (AvgIpc) is 3.02. The van der Waals surface area contributed by atoms with Crippen molar-refractivity contribution >= 4 is 11.3 Å². The number of hydrogen-bond acceptors (Lipinski definition) is 3. The Morgan fingerprint density at radius 3 is 2.76 bits per heavy atom. The van der Waals surface area contributed by atoms with E-state index in [4.69, 9.17) is 0 Å². The van der Waals surface area contributed by atoms with E-state index in [1.54, 1.807) is 11.3 Å². The summed E-state index contributed by atoms with van der Waals surface area (Å²) in [6, 6.07) is 10.2. The minimum atomic E-state index is 0.772. The first-order chi connectivity index (χ1) is 8.43. The summed E-state index contributed by atoms with van der Waals surface area (Å²) in [6.07, 6.45) is 3.82. The zero-order valence-electron chi connectivity index (χ0n) is 9.15. The lowest BCUT2D eigenvalue weighted by atomic mass is 10.2. The number of benzene rings is 1. The lowest BCUT2D eigenvalue weighted by Gasteiger charge is -2.05. The number of thiazole rings is 1. The first-order valence-electron chi connectivity index (χ1n) is 5.37. The maximum absolute atomic E-state index is 4.41. The van der Waals surface area contributed by atoms with Crippen molar-refractivity contribution in [2.24, 2.45) is 0 Å². The number of aromatic nitrogens is 3. The molecule has 3 rings (SSSR count). The van der Waals surface area contributed by atoms with E-state index in [0.29, 0.717) is 0 Å². The summed E-state index contributed by atoms with van der Waals surface area (Å²) in [5, 5.41) is 2.06. The zero-order valence-corrected chi connectivity index (χ0v) is 9.97. The molecule has 1 aromatic carbocycles. The van der Waals surface area contributed by atoms with Crippen molar-refractivity contribution in [3.05, 3.63) is 59.3 Å². The van der Waals surface area contributed by atoms with Crippen molar-refractivity contribution in [1.82, 2.24) is 14.5 Å². The van der Waals surface area contributed by atoms with Gasteiger partial charge in [0, 0.05) is 23.3 Å². The smallest absolute Gasteiger partial charge is 0.140 e. The molecular weight excluding hydrogens is 230 g/mol. The number of hydrogen-bond donors (Lipinski definition) is 0. The van der Waals surface area contributed by atoms with Crippen LogP contribution in [-0.2, 0) is 6.54 Å². The quantitative estimate of drug-likeness (QED) is 0.705. The highest BCUT2D eigenvalue weighted by Gasteiger charge is 2.06. The van der Waals surface area contributed by atoms with Crippen LogP contribution in [0.15, 0.2) is 53.6 Å². The summed E-state index contributed by atoms with van der Waals surface area (Å²) < 4.78 is 2.12. The van der Waals surface area contributed by atoms with E-state index in [9.17, 15) is 0 Å². The third kappa shape index (κ3) is 2.12. The van der Waals surface area contributed by atoms with Gasteiger partial charge in [-0.15, -0.1) is 11.3 Å². The number of rotatable bonds is 3. The van der Waals surface area contributed by atoms with Crippen molar-refractivity contribution in [1.29, 1.82) is 0 Å². The van der Waals surface area contributed by atoms with Gasteiger partial charge in [0.1, 0.15) is 5.82 Å². The van der Waals surface area contributed by atoms with E-state index in [0.717, 1.165) is 23.6 Å². The Balaban J connectivity index is 1.95. The minimum Gasteiger partial charge on any atom is -0.325 e. The molecule has 3 nitrogen and oxygen atoms in total. The molecule has 0 aliphatic rings. The Morgan fingerprint density at radius 2 is 2.00 bits per heavy atom. The normalized spacial score (nSPS) is 10.6. The molecule has 17 heavy (non-hydrogen) atoms. The average molecular weight is 241 g/mol. The third-order valence-electron chi connectivity index (χ3n) is 2.56. The lowest BCUT2D eigenvalue weighted by molar-refractivity contribution is 0.788. The number of nitrogens with zero attached hydrogens (tertiary/aromatic N) is 3. The van der Waals surface area contributed by atoms with Crippen LogP contribution in [0.4, 0.5) is 0 Å². The Morgan fingerprint density at radius 1 is 1.12 bits per heavy atom. The standard InChI is InChI=1S/C13H11N3S/c1-2-4-11(5-3-1)13-14-6-7-16(13)8-12-9-17-10-15-12/h1-7,9-10H,8H2. The largest absolute Gasteiger partial charge is 0.325 e. The van der Waals surface area contributed by atoms with Crippen LogP contribution in [0, 0.1) is 0 Å². The van der Waals surface area contributed by atoms with Crippen molar-refractivity contribution in [3.8, 4) is 11.4 Å². The second-order valence-electron chi connectivity index (χ2n) is 3.72. The van der Waals surface area contributed by atoms with Gasteiger partial charge in [0.15, 0.2) is 0 Å². The molecule has 0 spiro atoms. The Kier molecular flexibility index (Phi) is 2.71. The molecule has 84 valence electrons. The molecule has 0 radical (unpaired) electrons. The first kappa shape index (κ1) is 10.2. The van der Waals surface area contributed by atoms with E-state index in [1.807, 2.05) is 36.1 Å². The molecule has 0 bridgehead atoms. The SMILES string of the molecule is c1ccc(-c2nccn2Cc2cscn2)cc1. The molecule has 0 aliphatic heterocycles. The molecule has 0 saturated heterocycles. The van der Waals surface area contributed by atoms with Crippen molar-refractivity contribution in [2.45, 2.75) is 6.54 Å². The van der Waals surface area contributed by atoms with Crippen molar-refractivity contribution in [3.63, 3.8) is 0 Å². The Bertz CT molecular complexity index is 584. The molecular formula is C13H11N3S. The van der Waals surface area contributed by atoms with Crippen LogP contribution in [0.3, 0.4) is 0 Å². The van der Waals surface area contributed by atoms with Gasteiger partial charge >= 0.3 is 0 Å². The molecule has 0 aliphatic carbocycles. The topological polar surface area (TPSA) is 30.7 Å². The van der Waals surface area contributed by atoms with Gasteiger partial charge in [-0.2, -0.15) is 0 Å². The van der Waals surface area contributed by atoms with Gasteiger partial charge < -0.3 is 4.57 Å². The van der Waals surface area contributed by atoms with Gasteiger partial charge in [-0.1, -0.05) is 30.3 Å². The second kappa shape index (κ2) is 4.51. The molecule has 0 saturated carbocycles. The molecule has 0 fully saturated rings. The van der Waals surface area contributed by atoms with Crippen molar-refractivity contribution < 1.29 is 0 Å². The van der Waals surface area contributed by atoms with Crippen LogP contribution in [0.5, 0.6) is 0 Å². The maximum atomic E-state index is 4.41. The van der Waals surface area contributed by atoms with Gasteiger partial charge in [0.05, 0.1) is 17.7 Å². The summed E-state index contributed by atoms with van der Waals surface area (Å²) in [5.41, 5.74) is 4.06. The van der Waals surface area contributed by atoms with Crippen LogP contribution in [0.2, 0.25) is 0 Å². The summed E-state index contributed by atoms with van der Waals surface area (Å²) >= 11 is 1.62. The van der Waals surface area contributed by atoms with Gasteiger partial charge in [-0.05, 0) is 0 Å². The molecule has 0 amide bonds. The summed E-state index contributed by atoms with van der Waals surface area (Å²) in [7, 11) is 0. The highest BCUT2D eigenvalue weighted by Crippen LogP contribution is 2.17. The zero-order chi connectivity index (χ0) is 11.5. The van der Waals surface area contributed by atoms with Crippen LogP contribution >= 0.6 is 11.3 Å². The Hall–Kier alpha value is -1.94. The van der Waals surface area contributed by atoms with Gasteiger partial charge in [-0.3, -0.25) is 0 Å². The lowest BCUT2D eigenvalue weighted by Crippen LogP contribution is -2.01. The maximum Gasteiger partial charge on any atom is 0.140 e. The van der Waals surface area contributed by atoms with E-state index in [-0.39, 0.29) is 0 Å².